The molecular formula is C19H29N3O3S. The van der Waals surface area contributed by atoms with E-state index in [-0.39, 0.29) is 11.7 Å². The molecule has 1 unspecified atom stereocenters. The Hall–Kier alpha value is -1.44. The average Bonchev–Trinajstić information content (AvgIpc) is 3.20. The third-order valence-electron chi connectivity index (χ3n) is 5.77. The second-order valence-corrected chi connectivity index (χ2v) is 9.51. The highest BCUT2D eigenvalue weighted by Crippen LogP contribution is 2.36. The highest BCUT2D eigenvalue weighted by atomic mass is 32.2. The van der Waals surface area contributed by atoms with Gasteiger partial charge in [0.2, 0.25) is 15.9 Å². The van der Waals surface area contributed by atoms with Crippen molar-refractivity contribution in [3.05, 3.63) is 35.9 Å². The van der Waals surface area contributed by atoms with Crippen molar-refractivity contribution in [2.24, 2.45) is 0 Å². The average molecular weight is 380 g/mol. The van der Waals surface area contributed by atoms with Gasteiger partial charge in [0.1, 0.15) is 0 Å². The molecule has 7 heteroatoms. The van der Waals surface area contributed by atoms with Crippen molar-refractivity contribution in [1.29, 1.82) is 0 Å². The van der Waals surface area contributed by atoms with E-state index in [1.54, 1.807) is 6.92 Å². The summed E-state index contributed by atoms with van der Waals surface area (Å²) in [5, 5.41) is 6.53. The van der Waals surface area contributed by atoms with Crippen molar-refractivity contribution in [1.82, 2.24) is 14.9 Å². The normalized spacial score (nSPS) is 23.7. The maximum atomic E-state index is 13.2. The number of sulfonamides is 1. The number of hydrogen-bond donors (Lipinski definition) is 2. The fourth-order valence-electron chi connectivity index (χ4n) is 4.05. The Bertz CT molecular complexity index is 707. The molecule has 6 nitrogen and oxygen atoms in total. The SMILES string of the molecule is CCS(=O)(=O)N1CCC(C(=O)NCC2CCCN2)(c2ccccc2)CC1. The van der Waals surface area contributed by atoms with Crippen LogP contribution in [0.3, 0.4) is 0 Å². The monoisotopic (exact) mass is 379 g/mol. The zero-order valence-electron chi connectivity index (χ0n) is 15.4. The molecule has 0 aliphatic carbocycles. The van der Waals surface area contributed by atoms with Crippen LogP contribution >= 0.6 is 0 Å². The van der Waals surface area contributed by atoms with Crippen LogP contribution in [0.1, 0.15) is 38.2 Å². The number of nitrogens with zero attached hydrogens (tertiary/aromatic N) is 1. The van der Waals surface area contributed by atoms with E-state index in [1.807, 2.05) is 30.3 Å². The molecule has 26 heavy (non-hydrogen) atoms. The summed E-state index contributed by atoms with van der Waals surface area (Å²) in [7, 11) is -3.21. The van der Waals surface area contributed by atoms with E-state index in [2.05, 4.69) is 10.6 Å². The highest BCUT2D eigenvalue weighted by Gasteiger charge is 2.44. The van der Waals surface area contributed by atoms with Crippen LogP contribution in [0, 0.1) is 0 Å². The summed E-state index contributed by atoms with van der Waals surface area (Å²) >= 11 is 0. The van der Waals surface area contributed by atoms with Gasteiger partial charge in [-0.3, -0.25) is 4.79 Å². The van der Waals surface area contributed by atoms with E-state index in [0.717, 1.165) is 24.9 Å². The van der Waals surface area contributed by atoms with Gasteiger partial charge in [-0.05, 0) is 44.7 Å². The molecule has 1 atom stereocenters. The topological polar surface area (TPSA) is 78.5 Å². The number of carbonyl (C=O) groups excluding carboxylic acids is 1. The fraction of sp³-hybridized carbons (Fsp3) is 0.632. The summed E-state index contributed by atoms with van der Waals surface area (Å²) in [6, 6.07) is 10.1. The molecule has 144 valence electrons. The molecule has 0 radical (unpaired) electrons. The van der Waals surface area contributed by atoms with Gasteiger partial charge in [-0.15, -0.1) is 0 Å². The van der Waals surface area contributed by atoms with Crippen LogP contribution < -0.4 is 10.6 Å². The lowest BCUT2D eigenvalue weighted by Gasteiger charge is -2.40. The molecule has 2 aliphatic rings. The summed E-state index contributed by atoms with van der Waals surface area (Å²) in [6.45, 7) is 4.08. The Kier molecular flexibility index (Phi) is 5.99. The van der Waals surface area contributed by atoms with Crippen molar-refractivity contribution in [2.75, 3.05) is 31.9 Å². The second kappa shape index (κ2) is 8.06. The van der Waals surface area contributed by atoms with E-state index < -0.39 is 15.4 Å². The minimum atomic E-state index is -3.21. The predicted octanol–water partition coefficient (Wildman–Crippen LogP) is 1.24. The summed E-state index contributed by atoms with van der Waals surface area (Å²) in [5.41, 5.74) is 0.324. The van der Waals surface area contributed by atoms with Crippen LogP contribution in [0.5, 0.6) is 0 Å². The number of amides is 1. The molecule has 0 bridgehead atoms. The molecule has 2 aliphatic heterocycles. The van der Waals surface area contributed by atoms with Gasteiger partial charge >= 0.3 is 0 Å². The fourth-order valence-corrected chi connectivity index (χ4v) is 5.15. The van der Waals surface area contributed by atoms with E-state index in [0.29, 0.717) is 38.5 Å². The van der Waals surface area contributed by atoms with Crippen LogP contribution in [0.2, 0.25) is 0 Å². The summed E-state index contributed by atoms with van der Waals surface area (Å²) in [6.07, 6.45) is 3.26. The van der Waals surface area contributed by atoms with E-state index >= 15 is 0 Å². The van der Waals surface area contributed by atoms with Crippen molar-refractivity contribution in [3.63, 3.8) is 0 Å². The number of rotatable bonds is 6. The molecule has 0 spiro atoms. The van der Waals surface area contributed by atoms with Crippen molar-refractivity contribution in [2.45, 2.75) is 44.1 Å². The molecule has 0 saturated carbocycles. The van der Waals surface area contributed by atoms with Crippen LogP contribution in [0.15, 0.2) is 30.3 Å². The molecule has 0 aromatic heterocycles. The Morgan fingerprint density at radius 2 is 1.96 bits per heavy atom. The van der Waals surface area contributed by atoms with E-state index in [4.69, 9.17) is 0 Å². The maximum Gasteiger partial charge on any atom is 0.230 e. The quantitative estimate of drug-likeness (QED) is 0.779. The van der Waals surface area contributed by atoms with Gasteiger partial charge in [0.05, 0.1) is 11.2 Å². The zero-order chi connectivity index (χ0) is 18.6. The van der Waals surface area contributed by atoms with Gasteiger partial charge in [-0.1, -0.05) is 30.3 Å². The number of benzene rings is 1. The largest absolute Gasteiger partial charge is 0.354 e. The third-order valence-corrected chi connectivity index (χ3v) is 7.65. The minimum Gasteiger partial charge on any atom is -0.354 e. The standard InChI is InChI=1S/C19H29N3O3S/c1-2-26(24,25)22-13-10-19(11-14-22,16-7-4-3-5-8-16)18(23)21-15-17-9-6-12-20-17/h3-5,7-8,17,20H,2,6,9-15H2,1H3,(H,21,23). The molecule has 2 saturated heterocycles. The molecule has 2 fully saturated rings. The Morgan fingerprint density at radius 1 is 1.27 bits per heavy atom. The first-order chi connectivity index (χ1) is 12.5. The number of hydrogen-bond acceptors (Lipinski definition) is 4. The molecule has 1 aromatic rings. The summed E-state index contributed by atoms with van der Waals surface area (Å²) in [5.74, 6) is 0.121. The second-order valence-electron chi connectivity index (χ2n) is 7.25. The first-order valence-electron chi connectivity index (χ1n) is 9.53. The van der Waals surface area contributed by atoms with E-state index in [1.165, 1.54) is 4.31 Å². The molecule has 2 N–H and O–H groups in total. The van der Waals surface area contributed by atoms with Crippen molar-refractivity contribution < 1.29 is 13.2 Å². The highest BCUT2D eigenvalue weighted by molar-refractivity contribution is 7.89. The third kappa shape index (κ3) is 3.94. The lowest BCUT2D eigenvalue weighted by molar-refractivity contribution is -0.128. The van der Waals surface area contributed by atoms with Crippen LogP contribution in [0.25, 0.3) is 0 Å². The molecule has 1 amide bonds. The van der Waals surface area contributed by atoms with E-state index in [9.17, 15) is 13.2 Å². The summed E-state index contributed by atoms with van der Waals surface area (Å²) < 4.78 is 25.9. The lowest BCUT2D eigenvalue weighted by atomic mass is 9.72. The zero-order valence-corrected chi connectivity index (χ0v) is 16.2. The first kappa shape index (κ1) is 19.3. The minimum absolute atomic E-state index is 0.0194. The summed E-state index contributed by atoms with van der Waals surface area (Å²) in [4.78, 5) is 13.2. The van der Waals surface area contributed by atoms with Crippen LogP contribution in [0.4, 0.5) is 0 Å². The molecule has 2 heterocycles. The van der Waals surface area contributed by atoms with Gasteiger partial charge in [-0.25, -0.2) is 12.7 Å². The van der Waals surface area contributed by atoms with Crippen LogP contribution in [-0.2, 0) is 20.2 Å². The number of piperidine rings is 1. The Labute approximate surface area is 156 Å². The first-order valence-corrected chi connectivity index (χ1v) is 11.1. The molecule has 1 aromatic carbocycles. The van der Waals surface area contributed by atoms with Gasteiger partial charge in [0, 0.05) is 25.7 Å². The van der Waals surface area contributed by atoms with Gasteiger partial charge in [-0.2, -0.15) is 0 Å². The number of carbonyl (C=O) groups is 1. The van der Waals surface area contributed by atoms with Gasteiger partial charge in [0.25, 0.3) is 0 Å². The molecule has 3 rings (SSSR count). The van der Waals surface area contributed by atoms with Crippen molar-refractivity contribution >= 4 is 15.9 Å². The smallest absolute Gasteiger partial charge is 0.230 e. The molecular weight excluding hydrogens is 350 g/mol. The van der Waals surface area contributed by atoms with Gasteiger partial charge < -0.3 is 10.6 Å². The Morgan fingerprint density at radius 3 is 2.54 bits per heavy atom. The Balaban J connectivity index is 1.77. The lowest BCUT2D eigenvalue weighted by Crippen LogP contribution is -2.54. The van der Waals surface area contributed by atoms with Crippen molar-refractivity contribution in [3.8, 4) is 0 Å². The van der Waals surface area contributed by atoms with Crippen LogP contribution in [-0.4, -0.2) is 56.6 Å². The maximum absolute atomic E-state index is 13.2. The van der Waals surface area contributed by atoms with Gasteiger partial charge in [0.15, 0.2) is 0 Å². The number of nitrogens with one attached hydrogen (secondary N) is 2. The predicted molar refractivity (Wildman–Crippen MR) is 102 cm³/mol.